The third-order valence-electron chi connectivity index (χ3n) is 1.73. The first-order valence-corrected chi connectivity index (χ1v) is 5.84. The molecule has 1 aromatic rings. The van der Waals surface area contributed by atoms with Crippen LogP contribution in [0.5, 0.6) is 0 Å². The lowest BCUT2D eigenvalue weighted by atomic mass is 10.4. The molecule has 0 fully saturated rings. The second kappa shape index (κ2) is 5.72. The fourth-order valence-electron chi connectivity index (χ4n) is 1.04. The number of rotatable bonds is 3. The van der Waals surface area contributed by atoms with Crippen LogP contribution in [0.1, 0.15) is 0 Å². The summed E-state index contributed by atoms with van der Waals surface area (Å²) in [5, 5.41) is 0. The van der Waals surface area contributed by atoms with Gasteiger partial charge in [-0.15, -0.1) is 0 Å². The fraction of sp³-hybridized carbons (Fsp3) is 0.200. The molecule has 0 saturated heterocycles. The van der Waals surface area contributed by atoms with E-state index in [0.29, 0.717) is 9.93 Å². The Hall–Kier alpha value is -1.07. The van der Waals surface area contributed by atoms with Gasteiger partial charge in [-0.3, -0.25) is 0 Å². The second-order valence-electron chi connectivity index (χ2n) is 2.61. The predicted molar refractivity (Wildman–Crippen MR) is 62.7 cm³/mol. The molecule has 80 valence electrons. The van der Waals surface area contributed by atoms with Gasteiger partial charge in [-0.2, -0.15) is 16.3 Å². The van der Waals surface area contributed by atoms with Gasteiger partial charge in [0.2, 0.25) is 0 Å². The summed E-state index contributed by atoms with van der Waals surface area (Å²) in [6.45, 7) is 0. The molecule has 0 spiro atoms. The number of methoxy groups -OCH3 is 1. The lowest BCUT2D eigenvalue weighted by Gasteiger charge is -2.10. The van der Waals surface area contributed by atoms with Crippen LogP contribution in [0.3, 0.4) is 0 Å². The summed E-state index contributed by atoms with van der Waals surface area (Å²) in [6.07, 6.45) is 5.35. The SMILES string of the molecule is COC(=O)/C(=C(/[S-])SC)[n+]1ccccc1. The van der Waals surface area contributed by atoms with Gasteiger partial charge in [0.15, 0.2) is 12.4 Å². The normalized spacial score (nSPS) is 11.9. The molecule has 0 aliphatic carbocycles. The predicted octanol–water partition coefficient (Wildman–Crippen LogP) is 1.18. The summed E-state index contributed by atoms with van der Waals surface area (Å²) >= 11 is 6.45. The molecule has 1 rings (SSSR count). The minimum absolute atomic E-state index is 0.376. The lowest BCUT2D eigenvalue weighted by Crippen LogP contribution is -2.36. The van der Waals surface area contributed by atoms with E-state index in [-0.39, 0.29) is 0 Å². The van der Waals surface area contributed by atoms with Gasteiger partial charge in [-0.05, 0) is 6.26 Å². The summed E-state index contributed by atoms with van der Waals surface area (Å²) in [7, 11) is 1.34. The average Bonchev–Trinajstić information content (AvgIpc) is 2.30. The Morgan fingerprint density at radius 2 is 1.93 bits per heavy atom. The zero-order valence-electron chi connectivity index (χ0n) is 8.47. The molecule has 5 heteroatoms. The van der Waals surface area contributed by atoms with Crippen LogP contribution in [0, 0.1) is 0 Å². The fourth-order valence-corrected chi connectivity index (χ4v) is 1.61. The minimum atomic E-state index is -0.425. The van der Waals surface area contributed by atoms with Crippen LogP contribution in [0.2, 0.25) is 0 Å². The van der Waals surface area contributed by atoms with Crippen molar-refractivity contribution in [3.8, 4) is 0 Å². The van der Waals surface area contributed by atoms with Crippen molar-refractivity contribution in [3.63, 3.8) is 0 Å². The highest BCUT2D eigenvalue weighted by Gasteiger charge is 2.20. The maximum atomic E-state index is 11.5. The number of thioether (sulfide) groups is 1. The van der Waals surface area contributed by atoms with E-state index < -0.39 is 5.97 Å². The summed E-state index contributed by atoms with van der Waals surface area (Å²) in [5.41, 5.74) is 0.376. The third-order valence-corrected chi connectivity index (χ3v) is 2.99. The van der Waals surface area contributed by atoms with Crippen LogP contribution in [-0.4, -0.2) is 19.3 Å². The largest absolute Gasteiger partial charge is 0.766 e. The zero-order chi connectivity index (χ0) is 11.3. The third kappa shape index (κ3) is 2.94. The monoisotopic (exact) mass is 241 g/mol. The molecule has 0 unspecified atom stereocenters. The van der Waals surface area contributed by atoms with Crippen molar-refractivity contribution >= 4 is 36.1 Å². The van der Waals surface area contributed by atoms with Crippen molar-refractivity contribution in [2.45, 2.75) is 0 Å². The molecule has 0 aliphatic rings. The Morgan fingerprint density at radius 1 is 1.33 bits per heavy atom. The van der Waals surface area contributed by atoms with E-state index in [9.17, 15) is 4.79 Å². The number of hydrogen-bond acceptors (Lipinski definition) is 4. The zero-order valence-corrected chi connectivity index (χ0v) is 10.1. The molecule has 0 N–H and O–H groups in total. The molecule has 0 atom stereocenters. The molecule has 0 amide bonds. The van der Waals surface area contributed by atoms with Crippen molar-refractivity contribution in [1.29, 1.82) is 0 Å². The first-order valence-electron chi connectivity index (χ1n) is 4.21. The number of carbonyl (C=O) groups is 1. The lowest BCUT2D eigenvalue weighted by molar-refractivity contribution is -0.578. The number of hydrogen-bond donors (Lipinski definition) is 0. The second-order valence-corrected chi connectivity index (χ2v) is 4.10. The summed E-state index contributed by atoms with van der Waals surface area (Å²) in [6, 6.07) is 5.52. The molecule has 0 radical (unpaired) electrons. The van der Waals surface area contributed by atoms with E-state index in [2.05, 4.69) is 0 Å². The number of nitrogens with zero attached hydrogens (tertiary/aromatic N) is 1. The maximum Gasteiger partial charge on any atom is 0.402 e. The van der Waals surface area contributed by atoms with Crippen LogP contribution in [0.4, 0.5) is 0 Å². The highest BCUT2D eigenvalue weighted by Crippen LogP contribution is 2.15. The molecular weight excluding hydrogens is 230 g/mol. The van der Waals surface area contributed by atoms with Crippen LogP contribution < -0.4 is 4.57 Å². The summed E-state index contributed by atoms with van der Waals surface area (Å²) < 4.78 is 6.86. The molecular formula is C10H11NO2S2. The quantitative estimate of drug-likeness (QED) is 0.344. The number of esters is 1. The van der Waals surface area contributed by atoms with Crippen LogP contribution in [0.15, 0.2) is 34.8 Å². The standard InChI is InChI=1S/C10H11NO2S2/c1-13-9(12)8(10(14)15-2)11-6-4-3-5-7-11/h3-7H,1-2H3. The molecule has 15 heavy (non-hydrogen) atoms. The summed E-state index contributed by atoms with van der Waals surface area (Å²) in [4.78, 5) is 11.5. The van der Waals surface area contributed by atoms with Crippen LogP contribution in [0.25, 0.3) is 5.70 Å². The Bertz CT molecular complexity index is 376. The van der Waals surface area contributed by atoms with Crippen molar-refractivity contribution in [2.24, 2.45) is 0 Å². The van der Waals surface area contributed by atoms with Gasteiger partial charge in [0, 0.05) is 12.1 Å². The molecule has 0 aliphatic heterocycles. The van der Waals surface area contributed by atoms with Gasteiger partial charge in [0.1, 0.15) is 0 Å². The summed E-state index contributed by atoms with van der Waals surface area (Å²) in [5.74, 6) is -0.425. The molecule has 0 saturated carbocycles. The van der Waals surface area contributed by atoms with Crippen molar-refractivity contribution in [1.82, 2.24) is 0 Å². The maximum absolute atomic E-state index is 11.5. The van der Waals surface area contributed by atoms with Crippen LogP contribution >= 0.6 is 11.8 Å². The van der Waals surface area contributed by atoms with Gasteiger partial charge in [-0.1, -0.05) is 10.3 Å². The van der Waals surface area contributed by atoms with E-state index in [4.69, 9.17) is 17.4 Å². The highest BCUT2D eigenvalue weighted by atomic mass is 32.2. The van der Waals surface area contributed by atoms with Crippen LogP contribution in [-0.2, 0) is 22.2 Å². The Kier molecular flexibility index (Phi) is 4.58. The smallest absolute Gasteiger partial charge is 0.402 e. The minimum Gasteiger partial charge on any atom is -0.766 e. The highest BCUT2D eigenvalue weighted by molar-refractivity contribution is 8.10. The van der Waals surface area contributed by atoms with E-state index in [0.717, 1.165) is 0 Å². The Labute approximate surface area is 98.5 Å². The number of pyridine rings is 1. The van der Waals surface area contributed by atoms with Crippen molar-refractivity contribution in [2.75, 3.05) is 13.4 Å². The number of carbonyl (C=O) groups excluding carboxylic acids is 1. The molecule has 3 nitrogen and oxygen atoms in total. The van der Waals surface area contributed by atoms with E-state index in [1.807, 2.05) is 24.5 Å². The molecule has 0 bridgehead atoms. The van der Waals surface area contributed by atoms with Gasteiger partial charge in [-0.25, -0.2) is 4.79 Å². The Morgan fingerprint density at radius 3 is 2.40 bits per heavy atom. The topological polar surface area (TPSA) is 30.2 Å². The number of ether oxygens (including phenoxy) is 1. The molecule has 1 heterocycles. The van der Waals surface area contributed by atoms with E-state index in [1.165, 1.54) is 18.9 Å². The first-order chi connectivity index (χ1) is 7.20. The van der Waals surface area contributed by atoms with Gasteiger partial charge in [0.25, 0.3) is 5.70 Å². The van der Waals surface area contributed by atoms with Gasteiger partial charge in [0.05, 0.1) is 7.11 Å². The Balaban J connectivity index is 3.20. The molecule has 0 aromatic carbocycles. The number of aromatic nitrogens is 1. The van der Waals surface area contributed by atoms with E-state index in [1.54, 1.807) is 17.0 Å². The van der Waals surface area contributed by atoms with Gasteiger partial charge < -0.3 is 17.4 Å². The van der Waals surface area contributed by atoms with E-state index >= 15 is 0 Å². The van der Waals surface area contributed by atoms with Crippen molar-refractivity contribution in [3.05, 3.63) is 34.8 Å². The van der Waals surface area contributed by atoms with Crippen molar-refractivity contribution < 1.29 is 14.1 Å². The van der Waals surface area contributed by atoms with Gasteiger partial charge >= 0.3 is 5.97 Å². The first kappa shape index (κ1) is 12.0. The average molecular weight is 241 g/mol. The molecule has 1 aromatic heterocycles.